The number of nitrogens with zero attached hydrogens (tertiary/aromatic N) is 1. The fourth-order valence-corrected chi connectivity index (χ4v) is 2.40. The highest BCUT2D eigenvalue weighted by atomic mass is 35.5. The monoisotopic (exact) mass is 346 g/mol. The van der Waals surface area contributed by atoms with Crippen LogP contribution in [0.3, 0.4) is 0 Å². The van der Waals surface area contributed by atoms with Gasteiger partial charge < -0.3 is 14.2 Å². The Kier molecular flexibility index (Phi) is 5.22. The molecule has 0 bridgehead atoms. The fraction of sp³-hybridized carbons (Fsp3) is 0.538. The standard InChI is InChI=1S/C13H15ClN2O7/c1-6(17)21-5-8-3-10(22-7(2)18)12(23-8)16-4-9(14)11(19)15-13(16)20/h4,8,10,12H,3,5H2,1-2H3,(H,15,19,20)/t8-,10+,12+/m0/s1. The molecule has 0 amide bonds. The highest BCUT2D eigenvalue weighted by molar-refractivity contribution is 6.30. The summed E-state index contributed by atoms with van der Waals surface area (Å²) in [6.07, 6.45) is -1.00. The Balaban J connectivity index is 2.27. The van der Waals surface area contributed by atoms with Crippen LogP contribution in [0.2, 0.25) is 5.02 Å². The van der Waals surface area contributed by atoms with Crippen LogP contribution in [0, 0.1) is 0 Å². The van der Waals surface area contributed by atoms with E-state index in [4.69, 9.17) is 25.8 Å². The molecular weight excluding hydrogens is 332 g/mol. The highest BCUT2D eigenvalue weighted by Crippen LogP contribution is 2.31. The molecule has 1 saturated heterocycles. The van der Waals surface area contributed by atoms with Crippen molar-refractivity contribution in [2.24, 2.45) is 0 Å². The first-order chi connectivity index (χ1) is 10.8. The third-order valence-corrected chi connectivity index (χ3v) is 3.40. The predicted octanol–water partition coefficient (Wildman–Crippen LogP) is -0.0277. The van der Waals surface area contributed by atoms with Gasteiger partial charge in [0.15, 0.2) is 6.23 Å². The number of aromatic amines is 1. The van der Waals surface area contributed by atoms with Crippen LogP contribution in [0.1, 0.15) is 26.5 Å². The van der Waals surface area contributed by atoms with E-state index < -0.39 is 41.6 Å². The van der Waals surface area contributed by atoms with Gasteiger partial charge >= 0.3 is 17.6 Å². The molecule has 0 spiro atoms. The van der Waals surface area contributed by atoms with Crippen molar-refractivity contribution in [1.29, 1.82) is 0 Å². The minimum absolute atomic E-state index is 0.0462. The van der Waals surface area contributed by atoms with Crippen molar-refractivity contribution < 1.29 is 23.8 Å². The maximum Gasteiger partial charge on any atom is 0.330 e. The van der Waals surface area contributed by atoms with E-state index in [1.165, 1.54) is 13.8 Å². The summed E-state index contributed by atoms with van der Waals surface area (Å²) in [5.74, 6) is -1.04. The number of carbonyl (C=O) groups is 2. The molecule has 1 fully saturated rings. The molecule has 0 unspecified atom stereocenters. The molecule has 126 valence electrons. The second-order valence-electron chi connectivity index (χ2n) is 4.98. The zero-order chi connectivity index (χ0) is 17.1. The van der Waals surface area contributed by atoms with Gasteiger partial charge in [-0.15, -0.1) is 0 Å². The van der Waals surface area contributed by atoms with Crippen LogP contribution in [0.4, 0.5) is 0 Å². The molecule has 10 heteroatoms. The Hall–Kier alpha value is -2.13. The predicted molar refractivity (Wildman–Crippen MR) is 77.0 cm³/mol. The second-order valence-corrected chi connectivity index (χ2v) is 5.39. The molecule has 0 aromatic carbocycles. The number of carbonyl (C=O) groups excluding carboxylic acids is 2. The number of esters is 2. The van der Waals surface area contributed by atoms with Crippen LogP contribution in [0.25, 0.3) is 0 Å². The Labute approximate surface area is 135 Å². The fourth-order valence-electron chi connectivity index (χ4n) is 2.25. The lowest BCUT2D eigenvalue weighted by atomic mass is 10.2. The van der Waals surface area contributed by atoms with Gasteiger partial charge in [-0.2, -0.15) is 0 Å². The summed E-state index contributed by atoms with van der Waals surface area (Å²) in [6.45, 7) is 2.43. The van der Waals surface area contributed by atoms with E-state index >= 15 is 0 Å². The van der Waals surface area contributed by atoms with Crippen molar-refractivity contribution >= 4 is 23.5 Å². The van der Waals surface area contributed by atoms with E-state index in [0.29, 0.717) is 0 Å². The summed E-state index contributed by atoms with van der Waals surface area (Å²) in [5, 5.41) is -0.210. The summed E-state index contributed by atoms with van der Waals surface area (Å²) in [7, 11) is 0. The molecule has 9 nitrogen and oxygen atoms in total. The lowest BCUT2D eigenvalue weighted by Crippen LogP contribution is -2.36. The van der Waals surface area contributed by atoms with Crippen LogP contribution in [-0.4, -0.2) is 40.3 Å². The van der Waals surface area contributed by atoms with E-state index in [2.05, 4.69) is 0 Å². The molecule has 1 aromatic rings. The minimum atomic E-state index is -0.985. The number of ether oxygens (including phenoxy) is 3. The zero-order valence-corrected chi connectivity index (χ0v) is 13.2. The molecule has 23 heavy (non-hydrogen) atoms. The van der Waals surface area contributed by atoms with Crippen molar-refractivity contribution in [3.63, 3.8) is 0 Å². The van der Waals surface area contributed by atoms with Gasteiger partial charge in [0.25, 0.3) is 5.56 Å². The first-order valence-corrected chi connectivity index (χ1v) is 7.12. The summed E-state index contributed by atoms with van der Waals surface area (Å²) < 4.78 is 16.6. The third kappa shape index (κ3) is 4.20. The SMILES string of the molecule is CC(=O)OC[C@@H]1C[C@@H](OC(C)=O)[C@H](n2cc(Cl)c(=O)[nH]c2=O)O1. The number of hydrogen-bond acceptors (Lipinski definition) is 7. The Bertz CT molecular complexity index is 726. The van der Waals surface area contributed by atoms with Gasteiger partial charge in [-0.1, -0.05) is 11.6 Å². The number of aromatic nitrogens is 2. The van der Waals surface area contributed by atoms with Crippen molar-refractivity contribution in [3.05, 3.63) is 32.1 Å². The molecule has 1 aliphatic heterocycles. The van der Waals surface area contributed by atoms with Crippen molar-refractivity contribution in [2.45, 2.75) is 38.7 Å². The van der Waals surface area contributed by atoms with Gasteiger partial charge in [-0.05, 0) is 0 Å². The second kappa shape index (κ2) is 6.97. The lowest BCUT2D eigenvalue weighted by Gasteiger charge is -2.20. The van der Waals surface area contributed by atoms with Gasteiger partial charge in [-0.25, -0.2) is 4.79 Å². The van der Waals surface area contributed by atoms with Crippen LogP contribution in [0.15, 0.2) is 15.8 Å². The van der Waals surface area contributed by atoms with Crippen LogP contribution >= 0.6 is 11.6 Å². The lowest BCUT2D eigenvalue weighted by molar-refractivity contribution is -0.153. The average molecular weight is 347 g/mol. The zero-order valence-electron chi connectivity index (χ0n) is 12.4. The summed E-state index contributed by atoms with van der Waals surface area (Å²) >= 11 is 5.72. The van der Waals surface area contributed by atoms with Gasteiger partial charge in [0.2, 0.25) is 0 Å². The van der Waals surface area contributed by atoms with Crippen molar-refractivity contribution in [1.82, 2.24) is 9.55 Å². The highest BCUT2D eigenvalue weighted by Gasteiger charge is 2.40. The van der Waals surface area contributed by atoms with E-state index in [1.54, 1.807) is 0 Å². The maximum atomic E-state index is 11.9. The molecule has 1 N–H and O–H groups in total. The molecule has 2 rings (SSSR count). The molecule has 1 aromatic heterocycles. The van der Waals surface area contributed by atoms with E-state index in [1.807, 2.05) is 4.98 Å². The summed E-state index contributed by atoms with van der Waals surface area (Å²) in [6, 6.07) is 0. The summed E-state index contributed by atoms with van der Waals surface area (Å²) in [4.78, 5) is 47.4. The number of H-pyrrole nitrogens is 1. The number of hydrogen-bond donors (Lipinski definition) is 1. The molecule has 0 radical (unpaired) electrons. The minimum Gasteiger partial charge on any atom is -0.463 e. The van der Waals surface area contributed by atoms with Gasteiger partial charge in [-0.3, -0.25) is 23.9 Å². The van der Waals surface area contributed by atoms with Crippen LogP contribution < -0.4 is 11.2 Å². The van der Waals surface area contributed by atoms with E-state index in [9.17, 15) is 19.2 Å². The molecule has 0 aliphatic carbocycles. The van der Waals surface area contributed by atoms with E-state index in [-0.39, 0.29) is 18.1 Å². The summed E-state index contributed by atoms with van der Waals surface area (Å²) in [5.41, 5.74) is -1.49. The Morgan fingerprint density at radius 1 is 1.39 bits per heavy atom. The molecule has 3 atom stereocenters. The topological polar surface area (TPSA) is 117 Å². The Morgan fingerprint density at radius 2 is 2.09 bits per heavy atom. The average Bonchev–Trinajstić information content (AvgIpc) is 2.82. The van der Waals surface area contributed by atoms with E-state index in [0.717, 1.165) is 10.8 Å². The van der Waals surface area contributed by atoms with Gasteiger partial charge in [0, 0.05) is 26.5 Å². The molecule has 2 heterocycles. The van der Waals surface area contributed by atoms with Gasteiger partial charge in [0.1, 0.15) is 17.7 Å². The third-order valence-electron chi connectivity index (χ3n) is 3.13. The molecule has 0 saturated carbocycles. The smallest absolute Gasteiger partial charge is 0.330 e. The molecule has 1 aliphatic rings. The van der Waals surface area contributed by atoms with Crippen LogP contribution in [0.5, 0.6) is 0 Å². The quantitative estimate of drug-likeness (QED) is 0.761. The van der Waals surface area contributed by atoms with Gasteiger partial charge in [0.05, 0.1) is 6.10 Å². The number of nitrogens with one attached hydrogen (secondary N) is 1. The first kappa shape index (κ1) is 17.2. The normalized spacial score (nSPS) is 23.5. The largest absolute Gasteiger partial charge is 0.463 e. The molecular formula is C13H15ClN2O7. The maximum absolute atomic E-state index is 11.9. The number of rotatable bonds is 4. The van der Waals surface area contributed by atoms with Crippen molar-refractivity contribution in [2.75, 3.05) is 6.61 Å². The van der Waals surface area contributed by atoms with Crippen LogP contribution in [-0.2, 0) is 23.8 Å². The number of halogens is 1. The van der Waals surface area contributed by atoms with Crippen molar-refractivity contribution in [3.8, 4) is 0 Å². The Morgan fingerprint density at radius 3 is 2.70 bits per heavy atom. The first-order valence-electron chi connectivity index (χ1n) is 6.75.